The van der Waals surface area contributed by atoms with Crippen LogP contribution in [0.4, 0.5) is 5.69 Å². The number of rotatable bonds is 6. The van der Waals surface area contributed by atoms with Gasteiger partial charge in [0, 0.05) is 5.56 Å². The molecule has 3 rings (SSSR count). The normalized spacial score (nSPS) is 10.5. The highest BCUT2D eigenvalue weighted by Crippen LogP contribution is 2.21. The van der Waals surface area contributed by atoms with Gasteiger partial charge in [0.15, 0.2) is 0 Å². The van der Waals surface area contributed by atoms with Crippen LogP contribution in [0.1, 0.15) is 5.89 Å². The van der Waals surface area contributed by atoms with Crippen LogP contribution in [0.15, 0.2) is 59.1 Å². The number of carbonyl (C=O) groups is 1. The van der Waals surface area contributed by atoms with Crippen molar-refractivity contribution in [3.63, 3.8) is 0 Å². The molecule has 24 heavy (non-hydrogen) atoms. The summed E-state index contributed by atoms with van der Waals surface area (Å²) < 4.78 is 5.20. The van der Waals surface area contributed by atoms with E-state index >= 15 is 0 Å². The summed E-state index contributed by atoms with van der Waals surface area (Å²) in [6.45, 7) is 0. The Labute approximate surface area is 148 Å². The number of aromatic nitrogens is 2. The minimum Gasteiger partial charge on any atom is -0.338 e. The number of para-hydroxylation sites is 1. The Balaban J connectivity index is 1.49. The number of hydrogen-bond acceptors (Lipinski definition) is 5. The van der Waals surface area contributed by atoms with Crippen molar-refractivity contribution in [3.8, 4) is 11.4 Å². The average molecular weight is 360 g/mol. The third kappa shape index (κ3) is 4.37. The van der Waals surface area contributed by atoms with Crippen LogP contribution in [0.5, 0.6) is 0 Å². The molecule has 0 radical (unpaired) electrons. The van der Waals surface area contributed by atoms with E-state index in [1.807, 2.05) is 42.5 Å². The molecule has 0 aliphatic heterocycles. The molecular formula is C17H14ClN3O2S. The average Bonchev–Trinajstić information content (AvgIpc) is 3.07. The minimum absolute atomic E-state index is 0.129. The molecule has 0 bridgehead atoms. The lowest BCUT2D eigenvalue weighted by molar-refractivity contribution is -0.113. The van der Waals surface area contributed by atoms with Crippen molar-refractivity contribution in [2.45, 2.75) is 5.75 Å². The molecular weight excluding hydrogens is 346 g/mol. The summed E-state index contributed by atoms with van der Waals surface area (Å²) in [5.74, 6) is 1.65. The number of benzene rings is 2. The summed E-state index contributed by atoms with van der Waals surface area (Å²) in [4.78, 5) is 16.2. The molecule has 0 fully saturated rings. The molecule has 1 N–H and O–H groups in total. The van der Waals surface area contributed by atoms with Crippen molar-refractivity contribution < 1.29 is 9.32 Å². The van der Waals surface area contributed by atoms with E-state index in [-0.39, 0.29) is 11.7 Å². The number of nitrogens with zero attached hydrogens (tertiary/aromatic N) is 2. The number of anilines is 1. The Kier molecular flexibility index (Phi) is 5.51. The maximum atomic E-state index is 11.9. The van der Waals surface area contributed by atoms with E-state index in [4.69, 9.17) is 16.1 Å². The van der Waals surface area contributed by atoms with E-state index < -0.39 is 0 Å². The Morgan fingerprint density at radius 3 is 2.67 bits per heavy atom. The zero-order valence-electron chi connectivity index (χ0n) is 12.6. The Hall–Kier alpha value is -2.31. The predicted molar refractivity (Wildman–Crippen MR) is 96.0 cm³/mol. The molecule has 2 aromatic carbocycles. The lowest BCUT2D eigenvalue weighted by atomic mass is 10.2. The zero-order valence-corrected chi connectivity index (χ0v) is 14.2. The van der Waals surface area contributed by atoms with E-state index in [2.05, 4.69) is 15.5 Å². The van der Waals surface area contributed by atoms with E-state index in [9.17, 15) is 4.79 Å². The Morgan fingerprint density at radius 1 is 1.12 bits per heavy atom. The first-order valence-electron chi connectivity index (χ1n) is 7.22. The van der Waals surface area contributed by atoms with Gasteiger partial charge in [-0.1, -0.05) is 59.2 Å². The third-order valence-electron chi connectivity index (χ3n) is 3.11. The molecule has 1 heterocycles. The number of halogens is 1. The highest BCUT2D eigenvalue weighted by Gasteiger charge is 2.10. The maximum Gasteiger partial charge on any atom is 0.236 e. The van der Waals surface area contributed by atoms with E-state index in [0.717, 1.165) is 5.56 Å². The fourth-order valence-corrected chi connectivity index (χ4v) is 2.83. The van der Waals surface area contributed by atoms with Crippen molar-refractivity contribution in [3.05, 3.63) is 65.5 Å². The molecule has 0 aliphatic rings. The second kappa shape index (κ2) is 7.99. The molecule has 0 atom stereocenters. The standard InChI is InChI=1S/C17H14ClN3O2S/c18-13-8-4-5-9-14(13)19-15(22)10-24-11-16-20-17(21-23-16)12-6-2-1-3-7-12/h1-9H,10-11H2,(H,19,22). The highest BCUT2D eigenvalue weighted by atomic mass is 35.5. The number of amides is 1. The van der Waals surface area contributed by atoms with Crippen LogP contribution < -0.4 is 5.32 Å². The van der Waals surface area contributed by atoms with Crippen LogP contribution in [0, 0.1) is 0 Å². The van der Waals surface area contributed by atoms with Crippen LogP contribution in [0.2, 0.25) is 5.02 Å². The first kappa shape index (κ1) is 16.5. The zero-order chi connectivity index (χ0) is 16.8. The van der Waals surface area contributed by atoms with Crippen molar-refractivity contribution >= 4 is 35.0 Å². The van der Waals surface area contributed by atoms with Crippen molar-refractivity contribution in [2.24, 2.45) is 0 Å². The van der Waals surface area contributed by atoms with Crippen LogP contribution in [0.25, 0.3) is 11.4 Å². The fraction of sp³-hybridized carbons (Fsp3) is 0.118. The summed E-state index contributed by atoms with van der Waals surface area (Å²) in [5, 5.41) is 7.23. The van der Waals surface area contributed by atoms with Crippen molar-refractivity contribution in [1.82, 2.24) is 10.1 Å². The summed E-state index contributed by atoms with van der Waals surface area (Å²) >= 11 is 7.40. The summed E-state index contributed by atoms with van der Waals surface area (Å²) in [6, 6.07) is 16.7. The smallest absolute Gasteiger partial charge is 0.236 e. The van der Waals surface area contributed by atoms with Gasteiger partial charge < -0.3 is 9.84 Å². The van der Waals surface area contributed by atoms with Crippen LogP contribution >= 0.6 is 23.4 Å². The largest absolute Gasteiger partial charge is 0.338 e. The molecule has 0 saturated carbocycles. The molecule has 5 nitrogen and oxygen atoms in total. The maximum absolute atomic E-state index is 11.9. The lowest BCUT2D eigenvalue weighted by Crippen LogP contribution is -2.14. The molecule has 1 amide bonds. The summed E-state index contributed by atoms with van der Waals surface area (Å²) in [7, 11) is 0. The molecule has 0 spiro atoms. The van der Waals surface area contributed by atoms with Gasteiger partial charge in [-0.3, -0.25) is 4.79 Å². The highest BCUT2D eigenvalue weighted by molar-refractivity contribution is 7.99. The first-order chi connectivity index (χ1) is 11.7. The molecule has 0 aliphatic carbocycles. The molecule has 122 valence electrons. The summed E-state index contributed by atoms with van der Waals surface area (Å²) in [5.41, 5.74) is 1.50. The minimum atomic E-state index is -0.129. The SMILES string of the molecule is O=C(CSCc1nc(-c2ccccc2)no1)Nc1ccccc1Cl. The Bertz CT molecular complexity index is 823. The fourth-order valence-electron chi connectivity index (χ4n) is 2.00. The second-order valence-electron chi connectivity index (χ2n) is 4.90. The quantitative estimate of drug-likeness (QED) is 0.712. The number of hydrogen-bond donors (Lipinski definition) is 1. The van der Waals surface area contributed by atoms with Gasteiger partial charge in [-0.2, -0.15) is 4.98 Å². The number of thioether (sulfide) groups is 1. The predicted octanol–water partition coefficient (Wildman–Crippen LogP) is 4.26. The van der Waals surface area contributed by atoms with Gasteiger partial charge in [0.1, 0.15) is 0 Å². The van der Waals surface area contributed by atoms with Gasteiger partial charge >= 0.3 is 0 Å². The molecule has 3 aromatic rings. The van der Waals surface area contributed by atoms with Gasteiger partial charge in [-0.25, -0.2) is 0 Å². The third-order valence-corrected chi connectivity index (χ3v) is 4.35. The number of carbonyl (C=O) groups excluding carboxylic acids is 1. The van der Waals surface area contributed by atoms with Gasteiger partial charge in [0.05, 0.1) is 22.2 Å². The molecule has 1 aromatic heterocycles. The van der Waals surface area contributed by atoms with E-state index in [1.165, 1.54) is 11.8 Å². The lowest BCUT2D eigenvalue weighted by Gasteiger charge is -2.05. The van der Waals surface area contributed by atoms with Crippen LogP contribution in [0.3, 0.4) is 0 Å². The van der Waals surface area contributed by atoms with Gasteiger partial charge in [-0.15, -0.1) is 11.8 Å². The first-order valence-corrected chi connectivity index (χ1v) is 8.76. The molecule has 0 saturated heterocycles. The van der Waals surface area contributed by atoms with Crippen molar-refractivity contribution in [2.75, 3.05) is 11.1 Å². The number of nitrogens with one attached hydrogen (secondary N) is 1. The molecule has 0 unspecified atom stereocenters. The monoisotopic (exact) mass is 359 g/mol. The molecule has 7 heteroatoms. The topological polar surface area (TPSA) is 68.0 Å². The van der Waals surface area contributed by atoms with E-state index in [0.29, 0.717) is 28.2 Å². The van der Waals surface area contributed by atoms with Gasteiger partial charge in [-0.05, 0) is 12.1 Å². The summed E-state index contributed by atoms with van der Waals surface area (Å²) in [6.07, 6.45) is 0. The van der Waals surface area contributed by atoms with Gasteiger partial charge in [0.25, 0.3) is 0 Å². The Morgan fingerprint density at radius 2 is 1.88 bits per heavy atom. The van der Waals surface area contributed by atoms with Crippen molar-refractivity contribution in [1.29, 1.82) is 0 Å². The van der Waals surface area contributed by atoms with Crippen LogP contribution in [-0.2, 0) is 10.5 Å². The van der Waals surface area contributed by atoms with Crippen LogP contribution in [-0.4, -0.2) is 21.8 Å². The van der Waals surface area contributed by atoms with Gasteiger partial charge in [0.2, 0.25) is 17.6 Å². The second-order valence-corrected chi connectivity index (χ2v) is 6.29. The van der Waals surface area contributed by atoms with E-state index in [1.54, 1.807) is 12.1 Å².